The van der Waals surface area contributed by atoms with E-state index in [1.807, 2.05) is 32.0 Å². The van der Waals surface area contributed by atoms with E-state index in [9.17, 15) is 8.78 Å². The van der Waals surface area contributed by atoms with Crippen LogP contribution in [0.15, 0.2) is 29.0 Å². The molecule has 0 amide bonds. The number of halogens is 2. The van der Waals surface area contributed by atoms with E-state index in [2.05, 4.69) is 9.40 Å². The molecule has 0 aliphatic rings. The van der Waals surface area contributed by atoms with E-state index in [0.29, 0.717) is 5.75 Å². The fourth-order valence-corrected chi connectivity index (χ4v) is 1.73. The number of hydrogen-bond acceptors (Lipinski definition) is 3. The molecule has 2 aromatic rings. The van der Waals surface area contributed by atoms with Crippen LogP contribution in [-0.2, 0) is 6.61 Å². The van der Waals surface area contributed by atoms with Crippen molar-refractivity contribution in [2.45, 2.75) is 26.9 Å². The van der Waals surface area contributed by atoms with Crippen molar-refractivity contribution in [2.24, 2.45) is 0 Å². The molecular formula is C13H13F2NO2. The van der Waals surface area contributed by atoms with Crippen LogP contribution in [0.3, 0.4) is 0 Å². The number of nitrogens with zero attached hydrogens (tertiary/aromatic N) is 1. The SMILES string of the molecule is Cc1cccc(C)c1OCc1ncoc1C(F)F. The lowest BCUT2D eigenvalue weighted by molar-refractivity contribution is 0.118. The Labute approximate surface area is 103 Å². The molecule has 3 nitrogen and oxygen atoms in total. The van der Waals surface area contributed by atoms with Crippen molar-refractivity contribution in [3.63, 3.8) is 0 Å². The molecule has 2 rings (SSSR count). The third-order valence-corrected chi connectivity index (χ3v) is 2.63. The van der Waals surface area contributed by atoms with Crippen molar-refractivity contribution in [1.82, 2.24) is 4.98 Å². The van der Waals surface area contributed by atoms with Crippen LogP contribution in [0.2, 0.25) is 0 Å². The average molecular weight is 253 g/mol. The smallest absolute Gasteiger partial charge is 0.297 e. The van der Waals surface area contributed by atoms with E-state index in [0.717, 1.165) is 17.5 Å². The highest BCUT2D eigenvalue weighted by Crippen LogP contribution is 2.26. The van der Waals surface area contributed by atoms with Crippen molar-refractivity contribution in [1.29, 1.82) is 0 Å². The lowest BCUT2D eigenvalue weighted by Crippen LogP contribution is -2.02. The van der Waals surface area contributed by atoms with Crippen molar-refractivity contribution < 1.29 is 17.9 Å². The summed E-state index contributed by atoms with van der Waals surface area (Å²) in [6.45, 7) is 3.78. The number of hydrogen-bond donors (Lipinski definition) is 0. The molecule has 0 saturated carbocycles. The largest absolute Gasteiger partial charge is 0.487 e. The second-order valence-electron chi connectivity index (χ2n) is 3.97. The number of aryl methyl sites for hydroxylation is 2. The molecule has 1 heterocycles. The molecule has 1 aromatic carbocycles. The Morgan fingerprint density at radius 3 is 2.56 bits per heavy atom. The summed E-state index contributed by atoms with van der Waals surface area (Å²) in [6.07, 6.45) is -1.67. The maximum atomic E-state index is 12.6. The number of oxazole rings is 1. The van der Waals surface area contributed by atoms with Gasteiger partial charge in [-0.3, -0.25) is 0 Å². The Hall–Kier alpha value is -1.91. The molecule has 0 spiro atoms. The number of benzene rings is 1. The minimum Gasteiger partial charge on any atom is -0.487 e. The summed E-state index contributed by atoms with van der Waals surface area (Å²) < 4.78 is 35.3. The van der Waals surface area contributed by atoms with Crippen molar-refractivity contribution in [3.8, 4) is 5.75 Å². The zero-order valence-corrected chi connectivity index (χ0v) is 10.1. The van der Waals surface area contributed by atoms with Gasteiger partial charge in [-0.1, -0.05) is 18.2 Å². The second-order valence-corrected chi connectivity index (χ2v) is 3.97. The average Bonchev–Trinajstić information content (AvgIpc) is 2.76. The van der Waals surface area contributed by atoms with E-state index in [-0.39, 0.29) is 12.3 Å². The minimum absolute atomic E-state index is 0.0259. The summed E-state index contributed by atoms with van der Waals surface area (Å²) >= 11 is 0. The standard InChI is InChI=1S/C13H13F2NO2/c1-8-4-3-5-9(2)11(8)17-6-10-12(13(14)15)18-7-16-10/h3-5,7,13H,6H2,1-2H3. The number of aromatic nitrogens is 1. The molecule has 18 heavy (non-hydrogen) atoms. The van der Waals surface area contributed by atoms with E-state index in [4.69, 9.17) is 4.74 Å². The van der Waals surface area contributed by atoms with Gasteiger partial charge in [0.05, 0.1) is 0 Å². The molecule has 0 unspecified atom stereocenters. The van der Waals surface area contributed by atoms with Gasteiger partial charge in [-0.2, -0.15) is 0 Å². The van der Waals surface area contributed by atoms with Gasteiger partial charge in [-0.15, -0.1) is 0 Å². The van der Waals surface area contributed by atoms with Gasteiger partial charge < -0.3 is 9.15 Å². The highest BCUT2D eigenvalue weighted by Gasteiger charge is 2.19. The van der Waals surface area contributed by atoms with Crippen molar-refractivity contribution >= 4 is 0 Å². The lowest BCUT2D eigenvalue weighted by Gasteiger charge is -2.11. The van der Waals surface area contributed by atoms with Crippen LogP contribution < -0.4 is 4.74 Å². The monoisotopic (exact) mass is 253 g/mol. The van der Waals surface area contributed by atoms with Crippen LogP contribution in [0.25, 0.3) is 0 Å². The third kappa shape index (κ3) is 2.50. The van der Waals surface area contributed by atoms with Crippen LogP contribution >= 0.6 is 0 Å². The van der Waals surface area contributed by atoms with Gasteiger partial charge in [0.15, 0.2) is 12.2 Å². The van der Waals surface area contributed by atoms with Crippen LogP contribution in [-0.4, -0.2) is 4.98 Å². The van der Waals surface area contributed by atoms with Crippen LogP contribution in [0, 0.1) is 13.8 Å². The topological polar surface area (TPSA) is 35.3 Å². The fraction of sp³-hybridized carbons (Fsp3) is 0.308. The van der Waals surface area contributed by atoms with Gasteiger partial charge >= 0.3 is 0 Å². The van der Waals surface area contributed by atoms with Gasteiger partial charge in [0.25, 0.3) is 6.43 Å². The molecule has 0 aliphatic heterocycles. The molecule has 0 N–H and O–H groups in total. The normalized spacial score (nSPS) is 10.9. The molecule has 0 radical (unpaired) electrons. The zero-order valence-electron chi connectivity index (χ0n) is 10.1. The summed E-state index contributed by atoms with van der Waals surface area (Å²) in [7, 11) is 0. The molecule has 0 bridgehead atoms. The molecule has 0 fully saturated rings. The van der Waals surface area contributed by atoms with Gasteiger partial charge in [0.2, 0.25) is 0 Å². The minimum atomic E-state index is -2.68. The maximum Gasteiger partial charge on any atom is 0.297 e. The van der Waals surface area contributed by atoms with Crippen LogP contribution in [0.4, 0.5) is 8.78 Å². The Morgan fingerprint density at radius 1 is 1.28 bits per heavy atom. The van der Waals surface area contributed by atoms with E-state index in [1.165, 1.54) is 0 Å². The third-order valence-electron chi connectivity index (χ3n) is 2.63. The molecule has 0 saturated heterocycles. The number of ether oxygens (including phenoxy) is 1. The number of alkyl halides is 2. The highest BCUT2D eigenvalue weighted by atomic mass is 19.3. The van der Waals surface area contributed by atoms with Crippen LogP contribution in [0.5, 0.6) is 5.75 Å². The van der Waals surface area contributed by atoms with E-state index < -0.39 is 12.2 Å². The molecular weight excluding hydrogens is 240 g/mol. The molecule has 96 valence electrons. The van der Waals surface area contributed by atoms with Crippen molar-refractivity contribution in [3.05, 3.63) is 47.2 Å². The van der Waals surface area contributed by atoms with Crippen molar-refractivity contribution in [2.75, 3.05) is 0 Å². The van der Waals surface area contributed by atoms with E-state index >= 15 is 0 Å². The first kappa shape index (κ1) is 12.5. The Morgan fingerprint density at radius 2 is 1.94 bits per heavy atom. The fourth-order valence-electron chi connectivity index (χ4n) is 1.73. The highest BCUT2D eigenvalue weighted by molar-refractivity contribution is 5.39. The first-order valence-corrected chi connectivity index (χ1v) is 5.49. The summed E-state index contributed by atoms with van der Waals surface area (Å²) in [6, 6.07) is 5.72. The lowest BCUT2D eigenvalue weighted by atomic mass is 10.1. The Kier molecular flexibility index (Phi) is 3.60. The van der Waals surface area contributed by atoms with Gasteiger partial charge in [-0.05, 0) is 25.0 Å². The van der Waals surface area contributed by atoms with Crippen LogP contribution in [0.1, 0.15) is 29.0 Å². The molecule has 0 aliphatic carbocycles. The summed E-state index contributed by atoms with van der Waals surface area (Å²) in [5.41, 5.74) is 2.04. The predicted octanol–water partition coefficient (Wildman–Crippen LogP) is 3.81. The van der Waals surface area contributed by atoms with E-state index in [1.54, 1.807) is 0 Å². The quantitative estimate of drug-likeness (QED) is 0.831. The molecule has 5 heteroatoms. The molecule has 1 aromatic heterocycles. The zero-order chi connectivity index (χ0) is 13.1. The van der Waals surface area contributed by atoms with Gasteiger partial charge in [0.1, 0.15) is 18.1 Å². The number of para-hydroxylation sites is 1. The summed E-state index contributed by atoms with van der Waals surface area (Å²) in [5.74, 6) is 0.266. The maximum absolute atomic E-state index is 12.6. The Bertz CT molecular complexity index is 517. The first-order chi connectivity index (χ1) is 8.59. The summed E-state index contributed by atoms with van der Waals surface area (Å²) in [4.78, 5) is 3.74. The van der Waals surface area contributed by atoms with Gasteiger partial charge in [-0.25, -0.2) is 13.8 Å². The first-order valence-electron chi connectivity index (χ1n) is 5.49. The summed E-state index contributed by atoms with van der Waals surface area (Å²) in [5, 5.41) is 0. The second kappa shape index (κ2) is 5.16. The predicted molar refractivity (Wildman–Crippen MR) is 61.7 cm³/mol. The molecule has 0 atom stereocenters. The Balaban J connectivity index is 2.14. The van der Waals surface area contributed by atoms with Gasteiger partial charge in [0, 0.05) is 0 Å². The number of rotatable bonds is 4.